The Bertz CT molecular complexity index is 875. The van der Waals surface area contributed by atoms with Crippen LogP contribution >= 0.6 is 0 Å². The fourth-order valence-electron chi connectivity index (χ4n) is 2.86. The van der Waals surface area contributed by atoms with Crippen LogP contribution in [0.1, 0.15) is 13.3 Å². The van der Waals surface area contributed by atoms with Crippen molar-refractivity contribution in [3.63, 3.8) is 0 Å². The summed E-state index contributed by atoms with van der Waals surface area (Å²) >= 11 is 0. The average Bonchev–Trinajstić information content (AvgIpc) is 3.24. The largest absolute Gasteiger partial charge is 0.273 e. The molecule has 6 nitrogen and oxygen atoms in total. The Kier molecular flexibility index (Phi) is 3.93. The van der Waals surface area contributed by atoms with Gasteiger partial charge in [0.05, 0.1) is 5.69 Å². The molecule has 0 saturated heterocycles. The van der Waals surface area contributed by atoms with Gasteiger partial charge in [0, 0.05) is 11.5 Å². The van der Waals surface area contributed by atoms with Gasteiger partial charge in [-0.15, -0.1) is 10.2 Å². The highest BCUT2D eigenvalue weighted by atomic mass is 16.2. The molecule has 2 N–H and O–H groups in total. The molecule has 1 aromatic heterocycles. The van der Waals surface area contributed by atoms with Crippen molar-refractivity contribution in [2.75, 3.05) is 5.43 Å². The summed E-state index contributed by atoms with van der Waals surface area (Å²) in [6.45, 7) is 2.07. The van der Waals surface area contributed by atoms with E-state index in [-0.39, 0.29) is 11.8 Å². The lowest BCUT2D eigenvalue weighted by Gasteiger charge is -2.12. The van der Waals surface area contributed by atoms with Crippen LogP contribution in [0.25, 0.3) is 17.1 Å². The molecule has 0 spiro atoms. The summed E-state index contributed by atoms with van der Waals surface area (Å²) in [5.74, 6) is 1.73. The van der Waals surface area contributed by atoms with E-state index in [1.165, 1.54) is 0 Å². The highest BCUT2D eigenvalue weighted by Gasteiger charge is 2.39. The lowest BCUT2D eigenvalue weighted by atomic mass is 10.2. The minimum atomic E-state index is -0.00336. The molecule has 0 bridgehead atoms. The third kappa shape index (κ3) is 3.10. The summed E-state index contributed by atoms with van der Waals surface area (Å²) in [7, 11) is 0. The molecule has 1 fully saturated rings. The Morgan fingerprint density at radius 1 is 1.04 bits per heavy atom. The minimum Gasteiger partial charge on any atom is -0.273 e. The van der Waals surface area contributed by atoms with Crippen molar-refractivity contribution in [1.29, 1.82) is 0 Å². The number of hydrogen-bond donors (Lipinski definition) is 2. The molecule has 6 heteroatoms. The lowest BCUT2D eigenvalue weighted by molar-refractivity contribution is -0.122. The third-order valence-electron chi connectivity index (χ3n) is 4.45. The van der Waals surface area contributed by atoms with Crippen molar-refractivity contribution >= 4 is 11.9 Å². The van der Waals surface area contributed by atoms with Crippen LogP contribution in [0, 0.1) is 11.8 Å². The maximum Gasteiger partial charge on any atom is 0.248 e. The van der Waals surface area contributed by atoms with Crippen molar-refractivity contribution in [2.24, 2.45) is 11.8 Å². The van der Waals surface area contributed by atoms with Crippen LogP contribution in [-0.4, -0.2) is 20.7 Å². The first-order valence-electron chi connectivity index (χ1n) is 8.36. The molecule has 1 aliphatic carbocycles. The van der Waals surface area contributed by atoms with E-state index in [0.717, 1.165) is 17.7 Å². The number of nitrogens with zero attached hydrogens (tertiary/aromatic N) is 3. The summed E-state index contributed by atoms with van der Waals surface area (Å²) in [5.41, 5.74) is 7.56. The number of aromatic nitrogens is 3. The zero-order chi connectivity index (χ0) is 17.2. The van der Waals surface area contributed by atoms with Gasteiger partial charge < -0.3 is 0 Å². The molecule has 2 aromatic carbocycles. The molecule has 126 valence electrons. The van der Waals surface area contributed by atoms with E-state index in [2.05, 4.69) is 28.0 Å². The van der Waals surface area contributed by atoms with Gasteiger partial charge >= 0.3 is 0 Å². The fourth-order valence-corrected chi connectivity index (χ4v) is 2.86. The highest BCUT2D eigenvalue weighted by molar-refractivity contribution is 5.82. The first-order chi connectivity index (χ1) is 12.2. The molecular weight excluding hydrogens is 314 g/mol. The van der Waals surface area contributed by atoms with Gasteiger partial charge in [-0.25, -0.2) is 0 Å². The molecule has 4 rings (SSSR count). The second kappa shape index (κ2) is 6.39. The van der Waals surface area contributed by atoms with E-state index in [4.69, 9.17) is 0 Å². The lowest BCUT2D eigenvalue weighted by Crippen LogP contribution is -2.32. The summed E-state index contributed by atoms with van der Waals surface area (Å²) in [6, 6.07) is 19.7. The van der Waals surface area contributed by atoms with Gasteiger partial charge in [0.2, 0.25) is 11.9 Å². The minimum absolute atomic E-state index is 0.00336. The predicted molar refractivity (Wildman–Crippen MR) is 95.8 cm³/mol. The molecule has 0 aliphatic heterocycles. The van der Waals surface area contributed by atoms with Crippen molar-refractivity contribution in [2.45, 2.75) is 13.3 Å². The van der Waals surface area contributed by atoms with Crippen LogP contribution in [0.15, 0.2) is 60.7 Å². The van der Waals surface area contributed by atoms with Crippen LogP contribution in [0.2, 0.25) is 0 Å². The van der Waals surface area contributed by atoms with E-state index in [0.29, 0.717) is 17.7 Å². The van der Waals surface area contributed by atoms with Crippen molar-refractivity contribution in [1.82, 2.24) is 20.2 Å². The molecule has 1 saturated carbocycles. The summed E-state index contributed by atoms with van der Waals surface area (Å²) in [4.78, 5) is 12.1. The quantitative estimate of drug-likeness (QED) is 0.704. The Morgan fingerprint density at radius 3 is 2.32 bits per heavy atom. The molecule has 0 radical (unpaired) electrons. The monoisotopic (exact) mass is 333 g/mol. The molecule has 1 heterocycles. The predicted octanol–water partition coefficient (Wildman–Crippen LogP) is 3.03. The molecule has 3 aromatic rings. The van der Waals surface area contributed by atoms with Crippen molar-refractivity contribution in [3.05, 3.63) is 60.7 Å². The first kappa shape index (κ1) is 15.4. The maximum atomic E-state index is 12.1. The molecular formula is C19H19N5O. The van der Waals surface area contributed by atoms with Crippen LogP contribution < -0.4 is 10.9 Å². The van der Waals surface area contributed by atoms with Gasteiger partial charge in [-0.05, 0) is 24.5 Å². The van der Waals surface area contributed by atoms with Gasteiger partial charge in [-0.3, -0.25) is 20.2 Å². The Balaban J connectivity index is 1.67. The van der Waals surface area contributed by atoms with Crippen molar-refractivity contribution in [3.8, 4) is 17.1 Å². The zero-order valence-corrected chi connectivity index (χ0v) is 13.9. The Morgan fingerprint density at radius 2 is 1.68 bits per heavy atom. The number of benzene rings is 2. The van der Waals surface area contributed by atoms with E-state index in [9.17, 15) is 4.79 Å². The summed E-state index contributed by atoms with van der Waals surface area (Å²) in [6.07, 6.45) is 0.939. The van der Waals surface area contributed by atoms with Crippen LogP contribution in [0.3, 0.4) is 0 Å². The third-order valence-corrected chi connectivity index (χ3v) is 4.45. The van der Waals surface area contributed by atoms with E-state index in [1.807, 2.05) is 65.2 Å². The first-order valence-corrected chi connectivity index (χ1v) is 8.36. The van der Waals surface area contributed by atoms with Gasteiger partial charge in [0.25, 0.3) is 0 Å². The number of nitrogens with one attached hydrogen (secondary N) is 2. The number of carbonyl (C=O) groups excluding carboxylic acids is 1. The van der Waals surface area contributed by atoms with Crippen LogP contribution in [0.4, 0.5) is 5.95 Å². The van der Waals surface area contributed by atoms with Gasteiger partial charge in [-0.2, -0.15) is 0 Å². The Labute approximate surface area is 145 Å². The second-order valence-electron chi connectivity index (χ2n) is 6.32. The zero-order valence-electron chi connectivity index (χ0n) is 13.9. The van der Waals surface area contributed by atoms with E-state index < -0.39 is 0 Å². The number of carbonyl (C=O) groups is 1. The number of para-hydroxylation sites is 1. The van der Waals surface area contributed by atoms with Gasteiger partial charge in [-0.1, -0.05) is 55.5 Å². The number of anilines is 1. The van der Waals surface area contributed by atoms with Crippen LogP contribution in [0.5, 0.6) is 0 Å². The fraction of sp³-hybridized carbons (Fsp3) is 0.211. The number of hydrazine groups is 1. The SMILES string of the molecule is CC1CC1C(=O)NNc1nnc(-c2ccccc2)n1-c1ccccc1. The Hall–Kier alpha value is -3.15. The van der Waals surface area contributed by atoms with E-state index in [1.54, 1.807) is 0 Å². The number of hydrogen-bond acceptors (Lipinski definition) is 4. The van der Waals surface area contributed by atoms with Crippen molar-refractivity contribution < 1.29 is 4.79 Å². The molecule has 25 heavy (non-hydrogen) atoms. The molecule has 2 unspecified atom stereocenters. The normalized spacial score (nSPS) is 18.6. The second-order valence-corrected chi connectivity index (χ2v) is 6.32. The number of amides is 1. The molecule has 1 aliphatic rings. The van der Waals surface area contributed by atoms with Crippen LogP contribution in [-0.2, 0) is 4.79 Å². The highest BCUT2D eigenvalue weighted by Crippen LogP contribution is 2.37. The summed E-state index contributed by atoms with van der Waals surface area (Å²) < 4.78 is 1.89. The molecule has 1 amide bonds. The van der Waals surface area contributed by atoms with Gasteiger partial charge in [0.15, 0.2) is 5.82 Å². The average molecular weight is 333 g/mol. The maximum absolute atomic E-state index is 12.1. The van der Waals surface area contributed by atoms with E-state index >= 15 is 0 Å². The topological polar surface area (TPSA) is 71.8 Å². The summed E-state index contributed by atoms with van der Waals surface area (Å²) in [5, 5.41) is 8.54. The molecule has 2 atom stereocenters. The standard InChI is InChI=1S/C19H19N5O/c1-13-12-16(13)18(25)21-23-19-22-20-17(14-8-4-2-5-9-14)24(19)15-10-6-3-7-11-15/h2-11,13,16H,12H2,1H3,(H,21,25)(H,22,23). The number of rotatable bonds is 5. The smallest absolute Gasteiger partial charge is 0.248 e. The van der Waals surface area contributed by atoms with Gasteiger partial charge in [0.1, 0.15) is 0 Å².